The van der Waals surface area contributed by atoms with Crippen molar-refractivity contribution in [3.63, 3.8) is 0 Å². The smallest absolute Gasteiger partial charge is 0.0880 e. The largest absolute Gasteiger partial charge is 0.219 e. The minimum Gasteiger partial charge on any atom is -0.219 e. The molecule has 0 fully saturated rings. The molecule has 0 aliphatic carbocycles. The molecular formula is C35H72O8. The molecule has 0 aliphatic rings. The van der Waals surface area contributed by atoms with E-state index >= 15 is 0 Å². The highest BCUT2D eigenvalue weighted by molar-refractivity contribution is 4.54. The molecule has 0 radical (unpaired) electrons. The van der Waals surface area contributed by atoms with E-state index in [0.29, 0.717) is 12.5 Å². The van der Waals surface area contributed by atoms with Gasteiger partial charge in [-0.05, 0) is 42.6 Å². The van der Waals surface area contributed by atoms with E-state index < -0.39 is 0 Å². The Morgan fingerprint density at radius 2 is 0.651 bits per heavy atom. The van der Waals surface area contributed by atoms with Gasteiger partial charge >= 0.3 is 0 Å². The Labute approximate surface area is 265 Å². The summed E-state index contributed by atoms with van der Waals surface area (Å²) in [6, 6.07) is 0. The van der Waals surface area contributed by atoms with Crippen molar-refractivity contribution in [2.24, 2.45) is 5.92 Å². The molecule has 0 spiro atoms. The molecule has 0 aromatic heterocycles. The van der Waals surface area contributed by atoms with E-state index in [0.717, 1.165) is 6.42 Å². The van der Waals surface area contributed by atoms with E-state index in [9.17, 15) is 0 Å². The van der Waals surface area contributed by atoms with Crippen molar-refractivity contribution in [2.75, 3.05) is 6.61 Å². The lowest BCUT2D eigenvalue weighted by molar-refractivity contribution is -0.812. The van der Waals surface area contributed by atoms with Crippen molar-refractivity contribution in [3.8, 4) is 0 Å². The maximum absolute atomic E-state index is 7.78. The molecule has 8 heteroatoms. The summed E-state index contributed by atoms with van der Waals surface area (Å²) in [5.41, 5.74) is 0. The highest BCUT2D eigenvalue weighted by atomic mass is 17.9. The predicted octanol–water partition coefficient (Wildman–Crippen LogP) is 12.8. The molecule has 1 N–H and O–H groups in total. The lowest BCUT2D eigenvalue weighted by Crippen LogP contribution is -2.08. The van der Waals surface area contributed by atoms with Crippen molar-refractivity contribution in [1.82, 2.24) is 0 Å². The quantitative estimate of drug-likeness (QED) is 0.0413. The Hall–Kier alpha value is -0.320. The van der Waals surface area contributed by atoms with Crippen LogP contribution in [0.3, 0.4) is 0 Å². The van der Waals surface area contributed by atoms with Crippen LogP contribution in [0, 0.1) is 5.92 Å². The normalized spacial score (nSPS) is 12.3. The van der Waals surface area contributed by atoms with Crippen LogP contribution in [0.2, 0.25) is 0 Å². The van der Waals surface area contributed by atoms with Crippen LogP contribution in [-0.4, -0.2) is 11.9 Å². The molecule has 1 unspecified atom stereocenters. The van der Waals surface area contributed by atoms with E-state index in [1.54, 1.807) is 0 Å². The van der Waals surface area contributed by atoms with Gasteiger partial charge in [-0.1, -0.05) is 206 Å². The molecule has 0 saturated carbocycles. The van der Waals surface area contributed by atoms with Crippen LogP contribution in [0.15, 0.2) is 0 Å². The van der Waals surface area contributed by atoms with Crippen molar-refractivity contribution in [3.05, 3.63) is 0 Å². The van der Waals surface area contributed by atoms with Gasteiger partial charge in [-0.3, -0.25) is 0 Å². The molecule has 8 nitrogen and oxygen atoms in total. The Bertz CT molecular complexity index is 483. The van der Waals surface area contributed by atoms with Gasteiger partial charge in [0.2, 0.25) is 0 Å². The standard InChI is InChI=1S/C35H72O8/c1-3-4-5-6-7-8-9-10-11-12-13-14-15-16-17-18-19-20-21-22-23-24-25-26-27-28-29-30-31-32-33-35(2)34-37-39-41-43-42-40-38-36/h35-36H,3-34H2,1-2H3. The third kappa shape index (κ3) is 39.7. The van der Waals surface area contributed by atoms with Crippen LogP contribution in [0.1, 0.15) is 213 Å². The van der Waals surface area contributed by atoms with Gasteiger partial charge in [0.15, 0.2) is 0 Å². The Morgan fingerprint density at radius 3 is 0.977 bits per heavy atom. The zero-order valence-electron chi connectivity index (χ0n) is 28.5. The molecule has 0 rings (SSSR count). The average Bonchev–Trinajstić information content (AvgIpc) is 3.01. The summed E-state index contributed by atoms with van der Waals surface area (Å²) >= 11 is 0. The maximum atomic E-state index is 7.78. The van der Waals surface area contributed by atoms with Gasteiger partial charge in [0.1, 0.15) is 0 Å². The first-order valence-corrected chi connectivity index (χ1v) is 18.6. The summed E-state index contributed by atoms with van der Waals surface area (Å²) in [5, 5.41) is 30.1. The Kier molecular flexibility index (Phi) is 39.4. The van der Waals surface area contributed by atoms with Crippen LogP contribution >= 0.6 is 0 Å². The van der Waals surface area contributed by atoms with Crippen molar-refractivity contribution in [1.29, 1.82) is 0 Å². The monoisotopic (exact) mass is 621 g/mol. The van der Waals surface area contributed by atoms with E-state index in [-0.39, 0.29) is 0 Å². The molecule has 0 aliphatic heterocycles. The molecule has 0 bridgehead atoms. The predicted molar refractivity (Wildman–Crippen MR) is 173 cm³/mol. The van der Waals surface area contributed by atoms with Crippen molar-refractivity contribution < 1.29 is 40.4 Å². The fraction of sp³-hybridized carbons (Fsp3) is 1.00. The third-order valence-corrected chi connectivity index (χ3v) is 8.59. The number of rotatable bonds is 39. The van der Waals surface area contributed by atoms with Crippen LogP contribution in [0.4, 0.5) is 0 Å². The third-order valence-electron chi connectivity index (χ3n) is 8.59. The Morgan fingerprint density at radius 1 is 0.372 bits per heavy atom. The zero-order valence-corrected chi connectivity index (χ0v) is 28.5. The average molecular weight is 621 g/mol. The molecule has 0 aromatic rings. The van der Waals surface area contributed by atoms with Gasteiger partial charge in [-0.25, -0.2) is 10.1 Å². The molecule has 260 valence electrons. The first-order valence-electron chi connectivity index (χ1n) is 18.6. The molecule has 0 aromatic carbocycles. The molecule has 43 heavy (non-hydrogen) atoms. The molecule has 0 heterocycles. The minimum absolute atomic E-state index is 0.348. The van der Waals surface area contributed by atoms with Gasteiger partial charge in [-0.15, -0.1) is 0 Å². The van der Waals surface area contributed by atoms with Crippen LogP contribution in [0.5, 0.6) is 0 Å². The molecule has 1 atom stereocenters. The molecule has 0 amide bonds. The zero-order chi connectivity index (χ0) is 31.2. The van der Waals surface area contributed by atoms with Crippen molar-refractivity contribution in [2.45, 2.75) is 213 Å². The van der Waals surface area contributed by atoms with Gasteiger partial charge in [0.25, 0.3) is 0 Å². The van der Waals surface area contributed by atoms with E-state index in [1.165, 1.54) is 193 Å². The summed E-state index contributed by atoms with van der Waals surface area (Å²) in [7, 11) is 0. The lowest BCUT2D eigenvalue weighted by atomic mass is 10.0. The lowest BCUT2D eigenvalue weighted by Gasteiger charge is -2.09. The van der Waals surface area contributed by atoms with E-state index in [1.807, 2.05) is 0 Å². The molecular weight excluding hydrogens is 548 g/mol. The second-order valence-corrected chi connectivity index (χ2v) is 12.8. The summed E-state index contributed by atoms with van der Waals surface area (Å²) in [4.78, 5) is 4.81. The Balaban J connectivity index is 3.09. The van der Waals surface area contributed by atoms with E-state index in [4.69, 9.17) is 10.1 Å². The SMILES string of the molecule is CCCCCCCCCCCCCCCCCCCCCCCCCCCCCCCCC(C)COOOOOOOO. The van der Waals surface area contributed by atoms with Gasteiger partial charge in [0, 0.05) is 0 Å². The number of hydrogen-bond acceptors (Lipinski definition) is 8. The molecule has 0 saturated heterocycles. The van der Waals surface area contributed by atoms with Gasteiger partial charge < -0.3 is 0 Å². The summed E-state index contributed by atoms with van der Waals surface area (Å²) in [6.07, 6.45) is 43.8. The second kappa shape index (κ2) is 39.7. The first-order chi connectivity index (χ1) is 21.3. The summed E-state index contributed by atoms with van der Waals surface area (Å²) < 4.78 is 0. The summed E-state index contributed by atoms with van der Waals surface area (Å²) in [6.45, 7) is 4.76. The second-order valence-electron chi connectivity index (χ2n) is 12.8. The van der Waals surface area contributed by atoms with E-state index in [2.05, 4.69) is 44.1 Å². The topological polar surface area (TPSA) is 84.8 Å². The number of unbranched alkanes of at least 4 members (excludes halogenated alkanes) is 29. The van der Waals surface area contributed by atoms with Crippen LogP contribution < -0.4 is 0 Å². The first kappa shape index (κ1) is 42.7. The van der Waals surface area contributed by atoms with Crippen molar-refractivity contribution >= 4 is 0 Å². The van der Waals surface area contributed by atoms with Crippen LogP contribution in [0.25, 0.3) is 0 Å². The van der Waals surface area contributed by atoms with Gasteiger partial charge in [-0.2, -0.15) is 0 Å². The maximum Gasteiger partial charge on any atom is 0.0880 e. The summed E-state index contributed by atoms with van der Waals surface area (Å²) in [5.74, 6) is 0.348. The fourth-order valence-corrected chi connectivity index (χ4v) is 5.81. The highest BCUT2D eigenvalue weighted by Crippen LogP contribution is 2.17. The van der Waals surface area contributed by atoms with Crippen LogP contribution in [-0.2, 0) is 35.1 Å². The minimum atomic E-state index is 0.348. The number of hydrogen-bond donors (Lipinski definition) is 1. The van der Waals surface area contributed by atoms with Gasteiger partial charge in [0.05, 0.1) is 6.61 Å². The highest BCUT2D eigenvalue weighted by Gasteiger charge is 2.04. The fourth-order valence-electron chi connectivity index (χ4n) is 5.81.